The first-order valence-corrected chi connectivity index (χ1v) is 20.7. The first kappa shape index (κ1) is 39.1. The van der Waals surface area contributed by atoms with Gasteiger partial charge >= 0.3 is 0 Å². The highest BCUT2D eigenvalue weighted by atomic mass is 16.5. The number of fused-ring (bicyclic) bond motifs is 3. The van der Waals surface area contributed by atoms with Crippen LogP contribution in [0.2, 0.25) is 0 Å². The van der Waals surface area contributed by atoms with Gasteiger partial charge in [0.1, 0.15) is 23.4 Å². The van der Waals surface area contributed by atoms with Crippen LogP contribution in [0.25, 0.3) is 55.5 Å². The number of benzene rings is 2. The second-order valence-electron chi connectivity index (χ2n) is 16.6. The number of ether oxygens (including phenoxy) is 1. The Bertz CT molecular complexity index is 2760. The number of pyridine rings is 4. The monoisotopic (exact) mass is 805 g/mol. The maximum atomic E-state index is 10.7. The molecule has 4 unspecified atom stereocenters. The van der Waals surface area contributed by atoms with E-state index in [2.05, 4.69) is 68.5 Å². The van der Waals surface area contributed by atoms with Crippen LogP contribution >= 0.6 is 0 Å². The summed E-state index contributed by atoms with van der Waals surface area (Å²) in [6, 6.07) is 18.0. The van der Waals surface area contributed by atoms with Gasteiger partial charge in [-0.25, -0.2) is 19.9 Å². The molecule has 2 aromatic carbocycles. The zero-order chi connectivity index (χ0) is 41.7. The number of hydrogen-bond acceptors (Lipinski definition) is 13. The third-order valence-corrected chi connectivity index (χ3v) is 11.6. The van der Waals surface area contributed by atoms with Crippen molar-refractivity contribution in [3.8, 4) is 39.8 Å². The van der Waals surface area contributed by atoms with Crippen molar-refractivity contribution >= 4 is 50.6 Å². The Balaban J connectivity index is 0.000000156. The summed E-state index contributed by atoms with van der Waals surface area (Å²) < 4.78 is 7.83. The number of phenolic OH excluding ortho intramolecular Hbond substituents is 2. The predicted molar refractivity (Wildman–Crippen MR) is 238 cm³/mol. The van der Waals surface area contributed by atoms with Crippen molar-refractivity contribution in [1.29, 1.82) is 0 Å². The molecule has 4 atom stereocenters. The highest BCUT2D eigenvalue weighted by Gasteiger charge is 2.29. The van der Waals surface area contributed by atoms with Crippen molar-refractivity contribution < 1.29 is 14.9 Å². The smallest absolute Gasteiger partial charge is 0.160 e. The normalized spacial score (nSPS) is 20.6. The van der Waals surface area contributed by atoms with Crippen molar-refractivity contribution in [2.75, 3.05) is 43.9 Å². The van der Waals surface area contributed by atoms with E-state index in [1.165, 1.54) is 24.5 Å². The van der Waals surface area contributed by atoms with Crippen molar-refractivity contribution in [2.24, 2.45) is 18.0 Å². The zero-order valence-electron chi connectivity index (χ0n) is 34.6. The number of aromatic nitrogens is 6. The molecule has 2 aliphatic heterocycles. The molecule has 3 aliphatic rings. The summed E-state index contributed by atoms with van der Waals surface area (Å²) in [5.74, 6) is 2.01. The van der Waals surface area contributed by atoms with Crippen LogP contribution in [-0.4, -0.2) is 97.6 Å². The fourth-order valence-electron chi connectivity index (χ4n) is 8.49. The topological polar surface area (TPSA) is 185 Å². The van der Waals surface area contributed by atoms with Crippen LogP contribution in [-0.2, 0) is 7.05 Å². The van der Waals surface area contributed by atoms with Gasteiger partial charge in [0.15, 0.2) is 11.3 Å². The van der Waals surface area contributed by atoms with Crippen molar-refractivity contribution in [1.82, 2.24) is 40.3 Å². The van der Waals surface area contributed by atoms with Crippen LogP contribution in [0.15, 0.2) is 78.2 Å². The molecule has 6 N–H and O–H groups in total. The molecule has 1 saturated carbocycles. The fourth-order valence-corrected chi connectivity index (χ4v) is 8.49. The first-order valence-electron chi connectivity index (χ1n) is 20.7. The Morgan fingerprint density at radius 2 is 1.60 bits per heavy atom. The highest BCUT2D eigenvalue weighted by molar-refractivity contribution is 5.92. The standard InChI is InChI=1S/C25H28N6O.C21H23N5O2/c1-14-11-31(12-15(2)27-14)18-7-20-19(16-4-5-16)8-23(28-25(20)26-10-18)21-6-17-13-30(3)29-22(17)9-24(21)32;1-12-8-24-11-20(12)28-15-5-13-3-4-18(26-21(13)25-10-15)16-6-14(9-23-2)17(22)7-19(16)27/h6-10,13-16,27,32H,4-5,11-12H2,1-3H3;3-7,9-10,12,20,24,27H,8,11,22H2,1-2H3. The van der Waals surface area contributed by atoms with Gasteiger partial charge in [0.25, 0.3) is 0 Å². The van der Waals surface area contributed by atoms with Gasteiger partial charge in [-0.05, 0) is 80.6 Å². The molecule has 308 valence electrons. The summed E-state index contributed by atoms with van der Waals surface area (Å²) in [6.07, 6.45) is 9.79. The van der Waals surface area contributed by atoms with Crippen molar-refractivity contribution in [3.05, 3.63) is 84.3 Å². The van der Waals surface area contributed by atoms with Gasteiger partial charge in [0.2, 0.25) is 0 Å². The molecule has 10 rings (SSSR count). The van der Waals surface area contributed by atoms with Crippen LogP contribution in [0.5, 0.6) is 17.2 Å². The van der Waals surface area contributed by atoms with E-state index in [9.17, 15) is 10.2 Å². The number of hydrogen-bond donors (Lipinski definition) is 5. The summed E-state index contributed by atoms with van der Waals surface area (Å²) in [4.78, 5) is 25.1. The molecular weight excluding hydrogens is 755 g/mol. The molecule has 14 nitrogen and oxygen atoms in total. The van der Waals surface area contributed by atoms with Crippen LogP contribution in [0.4, 0.5) is 11.4 Å². The number of piperazine rings is 1. The van der Waals surface area contributed by atoms with Gasteiger partial charge < -0.3 is 36.2 Å². The van der Waals surface area contributed by atoms with Crippen LogP contribution in [0.3, 0.4) is 0 Å². The summed E-state index contributed by atoms with van der Waals surface area (Å²) in [6.45, 7) is 10.4. The molecule has 0 spiro atoms. The molecule has 5 aromatic heterocycles. The highest BCUT2D eigenvalue weighted by Crippen LogP contribution is 2.45. The number of aliphatic imine (C=N–C) groups is 1. The molecule has 60 heavy (non-hydrogen) atoms. The lowest BCUT2D eigenvalue weighted by atomic mass is 10.0. The van der Waals surface area contributed by atoms with E-state index in [4.69, 9.17) is 20.4 Å². The number of aromatic hydroxyl groups is 2. The number of aryl methyl sites for hydroxylation is 1. The first-order chi connectivity index (χ1) is 29.0. The Morgan fingerprint density at radius 3 is 2.35 bits per heavy atom. The zero-order valence-corrected chi connectivity index (χ0v) is 34.6. The third kappa shape index (κ3) is 8.00. The van der Waals surface area contributed by atoms with Crippen LogP contribution in [0.1, 0.15) is 50.7 Å². The molecule has 0 radical (unpaired) electrons. The molecular formula is C46H51N11O3. The van der Waals surface area contributed by atoms with Gasteiger partial charge in [-0.1, -0.05) is 6.92 Å². The maximum absolute atomic E-state index is 10.7. The Kier molecular flexibility index (Phi) is 10.4. The van der Waals surface area contributed by atoms with E-state index >= 15 is 0 Å². The minimum absolute atomic E-state index is 0.0697. The van der Waals surface area contributed by atoms with E-state index < -0.39 is 0 Å². The summed E-state index contributed by atoms with van der Waals surface area (Å²) >= 11 is 0. The number of nitrogens with two attached hydrogens (primary N) is 1. The largest absolute Gasteiger partial charge is 0.507 e. The fraction of sp³-hybridized carbons (Fsp3) is 0.348. The Labute approximate surface area is 348 Å². The minimum atomic E-state index is 0.0697. The van der Waals surface area contributed by atoms with Gasteiger partial charge in [0.05, 0.1) is 35.0 Å². The van der Waals surface area contributed by atoms with E-state index in [0.29, 0.717) is 46.5 Å². The number of nitrogens with one attached hydrogen (secondary N) is 2. The van der Waals surface area contributed by atoms with E-state index in [0.717, 1.165) is 81.8 Å². The lowest BCUT2D eigenvalue weighted by molar-refractivity contribution is 0.182. The average Bonchev–Trinajstić information content (AvgIpc) is 3.90. The minimum Gasteiger partial charge on any atom is -0.507 e. The summed E-state index contributed by atoms with van der Waals surface area (Å²) in [7, 11) is 3.56. The number of nitrogens with zero attached hydrogens (tertiary/aromatic N) is 8. The van der Waals surface area contributed by atoms with E-state index in [1.807, 2.05) is 43.7 Å². The second kappa shape index (κ2) is 16.0. The Hall–Kier alpha value is -6.38. The van der Waals surface area contributed by atoms with E-state index in [-0.39, 0.29) is 17.6 Å². The number of phenols is 2. The molecule has 2 saturated heterocycles. The lowest BCUT2D eigenvalue weighted by Gasteiger charge is -2.37. The molecule has 3 fully saturated rings. The summed E-state index contributed by atoms with van der Waals surface area (Å²) in [5, 5.41) is 35.4. The molecule has 1 aliphatic carbocycles. The van der Waals surface area contributed by atoms with Gasteiger partial charge in [-0.3, -0.25) is 9.67 Å². The Morgan fingerprint density at radius 1 is 0.850 bits per heavy atom. The number of anilines is 2. The summed E-state index contributed by atoms with van der Waals surface area (Å²) in [5.41, 5.74) is 14.4. The van der Waals surface area contributed by atoms with Gasteiger partial charge in [-0.2, -0.15) is 5.10 Å². The van der Waals surface area contributed by atoms with Gasteiger partial charge in [0, 0.05) is 121 Å². The molecule has 0 bridgehead atoms. The third-order valence-electron chi connectivity index (χ3n) is 11.6. The lowest BCUT2D eigenvalue weighted by Crippen LogP contribution is -2.54. The SMILES string of the molecule is CC1CN(c2cnc3nc(-c4cc5cn(C)nc5cc4O)cc(C4CC4)c3c2)CC(C)N1.CN=Cc1cc(-c2ccc3cc(OC4CNCC4C)cnc3n2)c(O)cc1N. The van der Waals surface area contributed by atoms with Crippen molar-refractivity contribution in [3.63, 3.8) is 0 Å². The molecule has 7 aromatic rings. The quantitative estimate of drug-likeness (QED) is 0.0864. The van der Waals surface area contributed by atoms with Crippen LogP contribution in [0, 0.1) is 5.92 Å². The predicted octanol–water partition coefficient (Wildman–Crippen LogP) is 6.57. The number of nitrogen functional groups attached to an aromatic ring is 1. The second-order valence-corrected chi connectivity index (χ2v) is 16.6. The molecule has 0 amide bonds. The average molecular weight is 806 g/mol. The maximum Gasteiger partial charge on any atom is 0.160 e. The number of rotatable bonds is 7. The van der Waals surface area contributed by atoms with Crippen LogP contribution < -0.4 is 26.0 Å². The molecule has 7 heterocycles. The molecule has 14 heteroatoms. The van der Waals surface area contributed by atoms with Crippen molar-refractivity contribution in [2.45, 2.75) is 57.7 Å². The van der Waals surface area contributed by atoms with Gasteiger partial charge in [-0.15, -0.1) is 0 Å². The van der Waals surface area contributed by atoms with E-state index in [1.54, 1.807) is 36.3 Å².